The molecule has 2 aromatic carbocycles. The van der Waals surface area contributed by atoms with E-state index in [1.807, 2.05) is 18.2 Å². The molecule has 2 heterocycles. The molecule has 1 aromatic heterocycles. The lowest BCUT2D eigenvalue weighted by atomic mass is 9.99. The molecule has 0 radical (unpaired) electrons. The Morgan fingerprint density at radius 3 is 2.59 bits per heavy atom. The lowest BCUT2D eigenvalue weighted by Gasteiger charge is -2.29. The lowest BCUT2D eigenvalue weighted by molar-refractivity contribution is -0.121. The summed E-state index contributed by atoms with van der Waals surface area (Å²) in [6.45, 7) is 3.26. The number of aryl methyl sites for hydroxylation is 1. The molecule has 0 saturated carbocycles. The second-order valence-electron chi connectivity index (χ2n) is 8.16. The highest BCUT2D eigenvalue weighted by Crippen LogP contribution is 2.33. The third-order valence-electron chi connectivity index (χ3n) is 6.00. The fourth-order valence-electron chi connectivity index (χ4n) is 4.26. The zero-order chi connectivity index (χ0) is 22.5. The number of methoxy groups -OCH3 is 2. The first kappa shape index (κ1) is 22.0. The molecule has 3 N–H and O–H groups in total. The zero-order valence-corrected chi connectivity index (χ0v) is 18.6. The van der Waals surface area contributed by atoms with Crippen LogP contribution < -0.4 is 20.5 Å². The van der Waals surface area contributed by atoms with Gasteiger partial charge in [-0.3, -0.25) is 9.69 Å². The van der Waals surface area contributed by atoms with Gasteiger partial charge < -0.3 is 24.8 Å². The van der Waals surface area contributed by atoms with Gasteiger partial charge in [-0.2, -0.15) is 0 Å². The normalized spacial score (nSPS) is 13.7. The first-order valence-corrected chi connectivity index (χ1v) is 11.0. The van der Waals surface area contributed by atoms with E-state index in [1.165, 1.54) is 11.1 Å². The van der Waals surface area contributed by atoms with Gasteiger partial charge >= 0.3 is 5.69 Å². The summed E-state index contributed by atoms with van der Waals surface area (Å²) in [6.07, 6.45) is 3.01. The number of benzene rings is 2. The molecule has 8 nitrogen and oxygen atoms in total. The summed E-state index contributed by atoms with van der Waals surface area (Å²) in [5.41, 5.74) is 5.06. The highest BCUT2D eigenvalue weighted by Gasteiger charge is 2.19. The quantitative estimate of drug-likeness (QED) is 0.476. The molecule has 0 unspecified atom stereocenters. The number of imidazole rings is 1. The minimum absolute atomic E-state index is 0.0740. The first-order chi connectivity index (χ1) is 15.6. The van der Waals surface area contributed by atoms with Crippen LogP contribution in [0.3, 0.4) is 0 Å². The van der Waals surface area contributed by atoms with Crippen molar-refractivity contribution in [3.8, 4) is 11.5 Å². The largest absolute Gasteiger partial charge is 0.493 e. The second kappa shape index (κ2) is 9.91. The van der Waals surface area contributed by atoms with E-state index in [1.54, 1.807) is 14.2 Å². The van der Waals surface area contributed by atoms with Gasteiger partial charge in [0.2, 0.25) is 5.91 Å². The Morgan fingerprint density at radius 2 is 1.81 bits per heavy atom. The molecule has 0 atom stereocenters. The van der Waals surface area contributed by atoms with Gasteiger partial charge in [0, 0.05) is 32.6 Å². The summed E-state index contributed by atoms with van der Waals surface area (Å²) >= 11 is 0. The minimum atomic E-state index is -0.201. The van der Waals surface area contributed by atoms with Gasteiger partial charge in [-0.15, -0.1) is 0 Å². The van der Waals surface area contributed by atoms with E-state index in [4.69, 9.17) is 9.47 Å². The number of aromatic nitrogens is 2. The highest BCUT2D eigenvalue weighted by atomic mass is 16.5. The number of hydrogen-bond donors (Lipinski definition) is 3. The van der Waals surface area contributed by atoms with Crippen LogP contribution in [0.2, 0.25) is 0 Å². The first-order valence-electron chi connectivity index (χ1n) is 11.0. The molecule has 0 spiro atoms. The summed E-state index contributed by atoms with van der Waals surface area (Å²) in [4.78, 5) is 31.4. The van der Waals surface area contributed by atoms with Crippen LogP contribution in [0.1, 0.15) is 29.5 Å². The zero-order valence-electron chi connectivity index (χ0n) is 18.6. The maximum atomic E-state index is 12.2. The fourth-order valence-corrected chi connectivity index (χ4v) is 4.26. The monoisotopic (exact) mass is 438 g/mol. The van der Waals surface area contributed by atoms with Crippen LogP contribution in [0.25, 0.3) is 11.0 Å². The Kier molecular flexibility index (Phi) is 6.80. The molecule has 1 amide bonds. The number of nitrogens with one attached hydrogen (secondary N) is 3. The highest BCUT2D eigenvalue weighted by molar-refractivity contribution is 5.76. The molecule has 1 aliphatic rings. The summed E-state index contributed by atoms with van der Waals surface area (Å²) in [7, 11) is 3.31. The van der Waals surface area contributed by atoms with Gasteiger partial charge in [0.05, 0.1) is 25.3 Å². The predicted octanol–water partition coefficient (Wildman–Crippen LogP) is 2.37. The number of aromatic amines is 2. The van der Waals surface area contributed by atoms with Gasteiger partial charge in [0.1, 0.15) is 0 Å². The van der Waals surface area contributed by atoms with Crippen molar-refractivity contribution in [1.82, 2.24) is 20.2 Å². The summed E-state index contributed by atoms with van der Waals surface area (Å²) < 4.78 is 10.8. The van der Waals surface area contributed by atoms with E-state index in [-0.39, 0.29) is 11.6 Å². The van der Waals surface area contributed by atoms with Crippen molar-refractivity contribution in [2.75, 3.05) is 33.9 Å². The average Bonchev–Trinajstić information content (AvgIpc) is 3.17. The molecule has 170 valence electrons. The van der Waals surface area contributed by atoms with Crippen LogP contribution >= 0.6 is 0 Å². The molecule has 0 bridgehead atoms. The Hall–Kier alpha value is -3.26. The number of ether oxygens (including phenoxy) is 2. The van der Waals surface area contributed by atoms with E-state index in [9.17, 15) is 9.59 Å². The lowest BCUT2D eigenvalue weighted by Crippen LogP contribution is -2.37. The molecular weight excluding hydrogens is 408 g/mol. The molecule has 0 aliphatic carbocycles. The van der Waals surface area contributed by atoms with Crippen LogP contribution in [0.4, 0.5) is 0 Å². The molecule has 3 aromatic rings. The fraction of sp³-hybridized carbons (Fsp3) is 0.417. The number of H-pyrrole nitrogens is 2. The van der Waals surface area contributed by atoms with Crippen molar-refractivity contribution >= 4 is 16.9 Å². The molecule has 8 heteroatoms. The second-order valence-corrected chi connectivity index (χ2v) is 8.16. The van der Waals surface area contributed by atoms with Crippen LogP contribution in [0, 0.1) is 0 Å². The van der Waals surface area contributed by atoms with Crippen molar-refractivity contribution in [3.63, 3.8) is 0 Å². The van der Waals surface area contributed by atoms with Crippen molar-refractivity contribution in [2.45, 2.75) is 32.2 Å². The number of carbonyl (C=O) groups is 1. The Morgan fingerprint density at radius 1 is 1.06 bits per heavy atom. The Bertz CT molecular complexity index is 1150. The third-order valence-corrected chi connectivity index (χ3v) is 6.00. The third kappa shape index (κ3) is 5.13. The van der Waals surface area contributed by atoms with Crippen LogP contribution in [-0.4, -0.2) is 54.6 Å². The maximum Gasteiger partial charge on any atom is 0.323 e. The Balaban J connectivity index is 1.19. The summed E-state index contributed by atoms with van der Waals surface area (Å²) in [6, 6.07) is 9.97. The van der Waals surface area contributed by atoms with E-state index in [2.05, 4.69) is 32.3 Å². The molecule has 4 rings (SSSR count). The maximum absolute atomic E-state index is 12.2. The van der Waals surface area contributed by atoms with E-state index >= 15 is 0 Å². The van der Waals surface area contributed by atoms with Crippen molar-refractivity contribution < 1.29 is 14.3 Å². The smallest absolute Gasteiger partial charge is 0.323 e. The van der Waals surface area contributed by atoms with Gasteiger partial charge in [0.15, 0.2) is 11.5 Å². The van der Waals surface area contributed by atoms with Crippen LogP contribution in [-0.2, 0) is 24.2 Å². The standard InChI is InChI=1S/C24H30N4O4/c1-31-21-13-17-8-10-28(15-18(17)14-22(21)32-2)11-9-25-23(29)5-3-4-16-6-7-19-20(12-16)27-24(30)26-19/h6-7,12-14H,3-5,8-11,15H2,1-2H3,(H,25,29)(H2,26,27,30). The van der Waals surface area contributed by atoms with Crippen LogP contribution in [0.15, 0.2) is 35.1 Å². The molecule has 0 saturated heterocycles. The minimum Gasteiger partial charge on any atom is -0.493 e. The average molecular weight is 439 g/mol. The van der Waals surface area contributed by atoms with Crippen molar-refractivity contribution in [2.24, 2.45) is 0 Å². The van der Waals surface area contributed by atoms with E-state index in [0.717, 1.165) is 67.0 Å². The molecule has 32 heavy (non-hydrogen) atoms. The van der Waals surface area contributed by atoms with Gasteiger partial charge in [0.25, 0.3) is 0 Å². The number of nitrogens with zero attached hydrogens (tertiary/aromatic N) is 1. The molecular formula is C24H30N4O4. The SMILES string of the molecule is COc1cc2c(cc1OC)CN(CCNC(=O)CCCc1ccc3[nH]c(=O)[nH]c3c1)CC2. The summed E-state index contributed by atoms with van der Waals surface area (Å²) in [5, 5.41) is 3.04. The number of hydrogen-bond acceptors (Lipinski definition) is 5. The van der Waals surface area contributed by atoms with Gasteiger partial charge in [-0.25, -0.2) is 4.79 Å². The topological polar surface area (TPSA) is 99.4 Å². The van der Waals surface area contributed by atoms with Crippen molar-refractivity contribution in [3.05, 3.63) is 57.5 Å². The van der Waals surface area contributed by atoms with E-state index < -0.39 is 0 Å². The number of rotatable bonds is 9. The van der Waals surface area contributed by atoms with E-state index in [0.29, 0.717) is 13.0 Å². The number of carbonyl (C=O) groups excluding carboxylic acids is 1. The number of amides is 1. The predicted molar refractivity (Wildman–Crippen MR) is 123 cm³/mol. The number of fused-ring (bicyclic) bond motifs is 2. The molecule has 1 aliphatic heterocycles. The Labute approximate surface area is 186 Å². The van der Waals surface area contributed by atoms with Gasteiger partial charge in [-0.05, 0) is 60.2 Å². The summed E-state index contributed by atoms with van der Waals surface area (Å²) in [5.74, 6) is 1.60. The van der Waals surface area contributed by atoms with Crippen LogP contribution in [0.5, 0.6) is 11.5 Å². The molecule has 0 fully saturated rings. The van der Waals surface area contributed by atoms with Gasteiger partial charge in [-0.1, -0.05) is 6.07 Å². The van der Waals surface area contributed by atoms with Crippen molar-refractivity contribution in [1.29, 1.82) is 0 Å².